The van der Waals surface area contributed by atoms with Gasteiger partial charge in [0.1, 0.15) is 11.9 Å². The van der Waals surface area contributed by atoms with E-state index < -0.39 is 5.97 Å². The number of aromatic amines is 1. The Morgan fingerprint density at radius 1 is 1.09 bits per heavy atom. The summed E-state index contributed by atoms with van der Waals surface area (Å²) < 4.78 is 5.40. The predicted octanol–water partition coefficient (Wildman–Crippen LogP) is 3.95. The summed E-state index contributed by atoms with van der Waals surface area (Å²) in [7, 11) is 2.17. The number of oxazole rings is 1. The molecule has 32 heavy (non-hydrogen) atoms. The number of anilines is 1. The van der Waals surface area contributed by atoms with E-state index in [-0.39, 0.29) is 11.6 Å². The summed E-state index contributed by atoms with van der Waals surface area (Å²) in [6, 6.07) is 6.47. The minimum atomic E-state index is -1.12. The van der Waals surface area contributed by atoms with Crippen LogP contribution < -0.4 is 4.90 Å². The number of aromatic carboxylic acids is 1. The zero-order valence-electron chi connectivity index (χ0n) is 18.3. The molecule has 5 rings (SSSR count). The van der Waals surface area contributed by atoms with Crippen molar-refractivity contribution in [2.24, 2.45) is 0 Å². The van der Waals surface area contributed by atoms with Gasteiger partial charge in [-0.1, -0.05) is 0 Å². The normalized spacial score (nSPS) is 14.9. The number of nitrogens with one attached hydrogen (secondary N) is 1. The van der Waals surface area contributed by atoms with Crippen LogP contribution in [0.4, 0.5) is 5.69 Å². The number of H-pyrrole nitrogens is 1. The molecule has 8 nitrogen and oxygen atoms in total. The minimum absolute atomic E-state index is 0.121. The van der Waals surface area contributed by atoms with Crippen LogP contribution in [0.1, 0.15) is 21.6 Å². The van der Waals surface area contributed by atoms with Gasteiger partial charge >= 0.3 is 5.97 Å². The maximum absolute atomic E-state index is 11.2. The Bertz CT molecular complexity index is 1290. The Hall–Kier alpha value is -3.65. The van der Waals surface area contributed by atoms with Crippen LogP contribution in [0.25, 0.3) is 33.6 Å². The SMILES string of the molecule is Cc1cc(-c2cnc3[nH]cc(-c4nc(C(=O)O)co4)c3c2)cc(C)c1N1CCN(C)CC1. The van der Waals surface area contributed by atoms with Crippen molar-refractivity contribution in [3.8, 4) is 22.6 Å². The van der Waals surface area contributed by atoms with Gasteiger partial charge in [-0.3, -0.25) is 0 Å². The average Bonchev–Trinajstić information content (AvgIpc) is 3.41. The lowest BCUT2D eigenvalue weighted by molar-refractivity contribution is 0.0690. The van der Waals surface area contributed by atoms with E-state index in [0.29, 0.717) is 11.2 Å². The quantitative estimate of drug-likeness (QED) is 0.505. The van der Waals surface area contributed by atoms with Gasteiger partial charge in [-0.25, -0.2) is 14.8 Å². The maximum Gasteiger partial charge on any atom is 0.357 e. The van der Waals surface area contributed by atoms with Crippen LogP contribution in [0.2, 0.25) is 0 Å². The molecule has 4 heterocycles. The molecule has 2 N–H and O–H groups in total. The van der Waals surface area contributed by atoms with Crippen molar-refractivity contribution in [1.29, 1.82) is 0 Å². The number of piperazine rings is 1. The summed E-state index contributed by atoms with van der Waals surface area (Å²) in [5, 5.41) is 9.97. The van der Waals surface area contributed by atoms with E-state index in [9.17, 15) is 4.79 Å². The molecular weight excluding hydrogens is 406 g/mol. The molecule has 0 aliphatic carbocycles. The van der Waals surface area contributed by atoms with E-state index in [0.717, 1.165) is 49.0 Å². The first-order valence-electron chi connectivity index (χ1n) is 10.6. The van der Waals surface area contributed by atoms with Crippen LogP contribution in [0.5, 0.6) is 0 Å². The zero-order valence-corrected chi connectivity index (χ0v) is 18.3. The monoisotopic (exact) mass is 431 g/mol. The molecule has 1 aliphatic rings. The van der Waals surface area contributed by atoms with Crippen LogP contribution >= 0.6 is 0 Å². The van der Waals surface area contributed by atoms with Gasteiger partial charge in [0.2, 0.25) is 5.89 Å². The largest absolute Gasteiger partial charge is 0.476 e. The third-order valence-electron chi connectivity index (χ3n) is 6.13. The summed E-state index contributed by atoms with van der Waals surface area (Å²) in [6.07, 6.45) is 4.74. The molecule has 1 aromatic carbocycles. The zero-order chi connectivity index (χ0) is 22.4. The van der Waals surface area contributed by atoms with Crippen LogP contribution in [-0.2, 0) is 0 Å². The molecule has 0 radical (unpaired) electrons. The molecule has 0 atom stereocenters. The first-order valence-corrected chi connectivity index (χ1v) is 10.6. The second-order valence-electron chi connectivity index (χ2n) is 8.41. The number of carboxylic acids is 1. The molecule has 0 spiro atoms. The third-order valence-corrected chi connectivity index (χ3v) is 6.13. The van der Waals surface area contributed by atoms with Crippen molar-refractivity contribution >= 4 is 22.7 Å². The van der Waals surface area contributed by atoms with Gasteiger partial charge in [0.15, 0.2) is 5.69 Å². The number of pyridine rings is 1. The topological polar surface area (TPSA) is 98.5 Å². The second-order valence-corrected chi connectivity index (χ2v) is 8.41. The first-order chi connectivity index (χ1) is 15.4. The van der Waals surface area contributed by atoms with Gasteiger partial charge in [0.05, 0.1) is 5.56 Å². The summed E-state index contributed by atoms with van der Waals surface area (Å²) in [5.41, 5.74) is 7.15. The highest BCUT2D eigenvalue weighted by Crippen LogP contribution is 2.34. The highest BCUT2D eigenvalue weighted by atomic mass is 16.4. The van der Waals surface area contributed by atoms with E-state index in [1.165, 1.54) is 16.8 Å². The fourth-order valence-electron chi connectivity index (χ4n) is 4.49. The molecule has 1 fully saturated rings. The molecule has 0 amide bonds. The van der Waals surface area contributed by atoms with Crippen LogP contribution in [-0.4, -0.2) is 64.2 Å². The Morgan fingerprint density at radius 2 is 1.81 bits per heavy atom. The van der Waals surface area contributed by atoms with Crippen LogP contribution in [0, 0.1) is 13.8 Å². The summed E-state index contributed by atoms with van der Waals surface area (Å²) >= 11 is 0. The molecule has 164 valence electrons. The Morgan fingerprint density at radius 3 is 2.47 bits per heavy atom. The number of hydrogen-bond donors (Lipinski definition) is 2. The van der Waals surface area contributed by atoms with Crippen molar-refractivity contribution in [2.45, 2.75) is 13.8 Å². The number of hydrogen-bond acceptors (Lipinski definition) is 6. The van der Waals surface area contributed by atoms with Gasteiger partial charge in [-0.2, -0.15) is 0 Å². The molecule has 3 aromatic heterocycles. The van der Waals surface area contributed by atoms with Crippen molar-refractivity contribution in [3.05, 3.63) is 53.7 Å². The van der Waals surface area contributed by atoms with Gasteiger partial charge in [0, 0.05) is 55.2 Å². The number of carbonyl (C=O) groups is 1. The number of fused-ring (bicyclic) bond motifs is 1. The number of nitrogens with zero attached hydrogens (tertiary/aromatic N) is 4. The average molecular weight is 431 g/mol. The molecule has 1 aliphatic heterocycles. The van der Waals surface area contributed by atoms with E-state index in [2.05, 4.69) is 57.8 Å². The fourth-order valence-corrected chi connectivity index (χ4v) is 4.49. The number of rotatable bonds is 4. The predicted molar refractivity (Wildman–Crippen MR) is 123 cm³/mol. The summed E-state index contributed by atoms with van der Waals surface area (Å²) in [5.74, 6) is -0.865. The first kappa shape index (κ1) is 20.3. The standard InChI is InChI=1S/C24H25N5O3/c1-14-8-16(9-15(2)21(14)29-6-4-28(3)5-7-29)17-10-18-19(12-26-22(18)25-11-17)23-27-20(13-32-23)24(30)31/h8-13H,4-7H2,1-3H3,(H,25,26)(H,30,31). The maximum atomic E-state index is 11.2. The van der Waals surface area contributed by atoms with E-state index in [1.807, 2.05) is 12.3 Å². The second kappa shape index (κ2) is 7.80. The van der Waals surface area contributed by atoms with Crippen molar-refractivity contribution < 1.29 is 14.3 Å². The van der Waals surface area contributed by atoms with Crippen LogP contribution in [0.15, 0.2) is 41.3 Å². The molecule has 8 heteroatoms. The van der Waals surface area contributed by atoms with Gasteiger partial charge in [0.25, 0.3) is 0 Å². The third kappa shape index (κ3) is 3.52. The van der Waals surface area contributed by atoms with E-state index in [1.54, 1.807) is 6.20 Å². The lowest BCUT2D eigenvalue weighted by Gasteiger charge is -2.36. The number of likely N-dealkylation sites (N-methyl/N-ethyl adjacent to an activating group) is 1. The molecule has 0 bridgehead atoms. The smallest absolute Gasteiger partial charge is 0.357 e. The molecule has 0 unspecified atom stereocenters. The van der Waals surface area contributed by atoms with Gasteiger partial charge in [-0.15, -0.1) is 0 Å². The highest BCUT2D eigenvalue weighted by Gasteiger charge is 2.20. The van der Waals surface area contributed by atoms with Gasteiger partial charge < -0.3 is 24.3 Å². The Kier molecular flexibility index (Phi) is 4.94. The summed E-state index contributed by atoms with van der Waals surface area (Å²) in [6.45, 7) is 8.54. The molecular formula is C24H25N5O3. The Balaban J connectivity index is 1.52. The van der Waals surface area contributed by atoms with Crippen molar-refractivity contribution in [1.82, 2.24) is 19.9 Å². The van der Waals surface area contributed by atoms with Crippen LogP contribution in [0.3, 0.4) is 0 Å². The minimum Gasteiger partial charge on any atom is -0.476 e. The summed E-state index contributed by atoms with van der Waals surface area (Å²) in [4.78, 5) is 27.8. The van der Waals surface area contributed by atoms with E-state index in [4.69, 9.17) is 9.52 Å². The fraction of sp³-hybridized carbons (Fsp3) is 0.292. The highest BCUT2D eigenvalue weighted by molar-refractivity contribution is 5.94. The molecule has 1 saturated heterocycles. The lowest BCUT2D eigenvalue weighted by atomic mass is 9.98. The van der Waals surface area contributed by atoms with Gasteiger partial charge in [-0.05, 0) is 55.8 Å². The Labute approximate surface area is 185 Å². The number of carboxylic acid groups (broad SMARTS) is 1. The van der Waals surface area contributed by atoms with E-state index >= 15 is 0 Å². The number of aromatic nitrogens is 3. The van der Waals surface area contributed by atoms with Crippen molar-refractivity contribution in [3.63, 3.8) is 0 Å². The molecule has 0 saturated carbocycles. The molecule has 4 aromatic rings. The van der Waals surface area contributed by atoms with Crippen molar-refractivity contribution in [2.75, 3.05) is 38.1 Å². The lowest BCUT2D eigenvalue weighted by Crippen LogP contribution is -2.45. The number of aryl methyl sites for hydroxylation is 2. The number of benzene rings is 1.